The van der Waals surface area contributed by atoms with Crippen molar-refractivity contribution < 1.29 is 18.7 Å². The molecule has 1 spiro atoms. The Hall–Kier alpha value is -2.09. The highest BCUT2D eigenvalue weighted by atomic mass is 35.5. The summed E-state index contributed by atoms with van der Waals surface area (Å²) in [5.74, 6) is 0.484. The van der Waals surface area contributed by atoms with Crippen LogP contribution >= 0.6 is 12.4 Å². The molecule has 0 aliphatic carbocycles. The first-order chi connectivity index (χ1) is 14.8. The van der Waals surface area contributed by atoms with Gasteiger partial charge in [-0.1, -0.05) is 0 Å². The van der Waals surface area contributed by atoms with Crippen molar-refractivity contribution in [1.82, 2.24) is 10.2 Å². The van der Waals surface area contributed by atoms with Crippen LogP contribution in [0, 0.1) is 13.8 Å². The molecule has 1 aromatic heterocycles. The minimum Gasteiger partial charge on any atom is -0.481 e. The number of fused-ring (bicyclic) bond motifs is 3. The van der Waals surface area contributed by atoms with E-state index in [1.807, 2.05) is 24.0 Å². The molecule has 2 unspecified atom stereocenters. The predicted molar refractivity (Wildman–Crippen MR) is 124 cm³/mol. The van der Waals surface area contributed by atoms with Gasteiger partial charge in [0.2, 0.25) is 0 Å². The average molecular weight is 463 g/mol. The second-order valence-electron chi connectivity index (χ2n) is 9.39. The Morgan fingerprint density at radius 3 is 2.66 bits per heavy atom. The smallest absolute Gasteiger partial charge is 0.339 e. The van der Waals surface area contributed by atoms with Crippen molar-refractivity contribution >= 4 is 29.3 Å². The largest absolute Gasteiger partial charge is 0.481 e. The van der Waals surface area contributed by atoms with Gasteiger partial charge in [-0.25, -0.2) is 4.79 Å². The third-order valence-corrected chi connectivity index (χ3v) is 7.22. The van der Waals surface area contributed by atoms with E-state index in [0.717, 1.165) is 23.8 Å². The van der Waals surface area contributed by atoms with Crippen LogP contribution in [-0.2, 0) is 9.53 Å². The quantitative estimate of drug-likeness (QED) is 0.706. The number of benzene rings is 1. The zero-order chi connectivity index (χ0) is 21.8. The number of piperidine rings is 1. The molecule has 3 aliphatic heterocycles. The van der Waals surface area contributed by atoms with E-state index in [-0.39, 0.29) is 29.5 Å². The molecule has 2 aromatic rings. The van der Waals surface area contributed by atoms with Crippen molar-refractivity contribution in [2.24, 2.45) is 0 Å². The maximum Gasteiger partial charge on any atom is 0.339 e. The molecule has 5 rings (SSSR count). The second-order valence-corrected chi connectivity index (χ2v) is 9.39. The number of amides is 1. The van der Waals surface area contributed by atoms with Gasteiger partial charge in [0, 0.05) is 42.2 Å². The highest BCUT2D eigenvalue weighted by Crippen LogP contribution is 2.38. The van der Waals surface area contributed by atoms with Crippen molar-refractivity contribution in [2.45, 2.75) is 70.2 Å². The SMILES string of the molecule is Cc1c(C)c2ccc(OC(C)C(=O)N3CCOC4(C[C@H]5CC[C@@H](C4)N5)C3)cc2oc1=O.Cl. The third-order valence-electron chi connectivity index (χ3n) is 7.22. The summed E-state index contributed by atoms with van der Waals surface area (Å²) in [4.78, 5) is 27.1. The van der Waals surface area contributed by atoms with E-state index in [1.54, 1.807) is 19.9 Å². The molecular weight excluding hydrogens is 432 g/mol. The normalized spacial score (nSPS) is 27.9. The summed E-state index contributed by atoms with van der Waals surface area (Å²) in [7, 11) is 0. The van der Waals surface area contributed by atoms with Crippen molar-refractivity contribution in [3.05, 3.63) is 39.7 Å². The topological polar surface area (TPSA) is 81.0 Å². The number of carbonyl (C=O) groups is 1. The summed E-state index contributed by atoms with van der Waals surface area (Å²) < 4.78 is 17.6. The molecule has 1 amide bonds. The van der Waals surface area contributed by atoms with Gasteiger partial charge in [0.15, 0.2) is 6.10 Å². The van der Waals surface area contributed by atoms with Crippen LogP contribution in [0.4, 0.5) is 0 Å². The summed E-state index contributed by atoms with van der Waals surface area (Å²) in [6, 6.07) is 6.40. The fourth-order valence-electron chi connectivity index (χ4n) is 5.50. The van der Waals surface area contributed by atoms with Gasteiger partial charge in [0.1, 0.15) is 11.3 Å². The molecular formula is C24H31ClN2O5. The number of ether oxygens (including phenoxy) is 2. The van der Waals surface area contributed by atoms with Gasteiger partial charge < -0.3 is 24.1 Å². The fraction of sp³-hybridized carbons (Fsp3) is 0.583. The van der Waals surface area contributed by atoms with Crippen LogP contribution in [-0.4, -0.2) is 54.3 Å². The third kappa shape index (κ3) is 4.14. The number of halogens is 1. The molecule has 3 aliphatic rings. The van der Waals surface area contributed by atoms with E-state index < -0.39 is 6.10 Å². The zero-order valence-corrected chi connectivity index (χ0v) is 19.6. The van der Waals surface area contributed by atoms with Gasteiger partial charge >= 0.3 is 5.63 Å². The van der Waals surface area contributed by atoms with Crippen molar-refractivity contribution in [3.8, 4) is 5.75 Å². The summed E-state index contributed by atoms with van der Waals surface area (Å²) in [6.07, 6.45) is 3.68. The van der Waals surface area contributed by atoms with Crippen molar-refractivity contribution in [2.75, 3.05) is 19.7 Å². The van der Waals surface area contributed by atoms with Crippen LogP contribution < -0.4 is 15.7 Å². The van der Waals surface area contributed by atoms with E-state index in [2.05, 4.69) is 5.32 Å². The van der Waals surface area contributed by atoms with Crippen LogP contribution in [0.2, 0.25) is 0 Å². The predicted octanol–water partition coefficient (Wildman–Crippen LogP) is 3.11. The summed E-state index contributed by atoms with van der Waals surface area (Å²) in [5.41, 5.74) is 1.40. The number of nitrogens with zero attached hydrogens (tertiary/aromatic N) is 1. The van der Waals surface area contributed by atoms with E-state index in [9.17, 15) is 9.59 Å². The number of hydrogen-bond acceptors (Lipinski definition) is 6. The molecule has 4 heterocycles. The molecule has 0 saturated carbocycles. The van der Waals surface area contributed by atoms with E-state index in [1.165, 1.54) is 12.8 Å². The lowest BCUT2D eigenvalue weighted by Gasteiger charge is -2.47. The summed E-state index contributed by atoms with van der Waals surface area (Å²) in [6.45, 7) is 7.22. The molecule has 32 heavy (non-hydrogen) atoms. The Morgan fingerprint density at radius 2 is 1.94 bits per heavy atom. The fourth-order valence-corrected chi connectivity index (χ4v) is 5.50. The molecule has 2 bridgehead atoms. The van der Waals surface area contributed by atoms with Gasteiger partial charge in [0.25, 0.3) is 5.91 Å². The van der Waals surface area contributed by atoms with E-state index in [0.29, 0.717) is 48.7 Å². The minimum absolute atomic E-state index is 0. The van der Waals surface area contributed by atoms with Gasteiger partial charge in [0.05, 0.1) is 12.2 Å². The Balaban J connectivity index is 0.00000245. The molecule has 3 fully saturated rings. The van der Waals surface area contributed by atoms with Crippen molar-refractivity contribution in [1.29, 1.82) is 0 Å². The van der Waals surface area contributed by atoms with E-state index >= 15 is 0 Å². The number of morpholine rings is 1. The first-order valence-electron chi connectivity index (χ1n) is 11.2. The Labute approximate surface area is 193 Å². The first kappa shape index (κ1) is 23.1. The lowest BCUT2D eigenvalue weighted by molar-refractivity contribution is -0.163. The molecule has 7 nitrogen and oxygen atoms in total. The van der Waals surface area contributed by atoms with Gasteiger partial charge in [-0.05, 0) is 64.2 Å². The lowest BCUT2D eigenvalue weighted by atomic mass is 9.85. The van der Waals surface area contributed by atoms with Crippen LogP contribution in [0.1, 0.15) is 43.7 Å². The zero-order valence-electron chi connectivity index (χ0n) is 18.8. The first-order valence-corrected chi connectivity index (χ1v) is 11.2. The average Bonchev–Trinajstić information content (AvgIpc) is 3.10. The summed E-state index contributed by atoms with van der Waals surface area (Å²) in [5, 5.41) is 4.52. The van der Waals surface area contributed by atoms with Crippen LogP contribution in [0.25, 0.3) is 11.0 Å². The number of nitrogens with one attached hydrogen (secondary N) is 1. The van der Waals surface area contributed by atoms with Crippen molar-refractivity contribution in [3.63, 3.8) is 0 Å². The highest BCUT2D eigenvalue weighted by molar-refractivity contribution is 5.85. The van der Waals surface area contributed by atoms with Gasteiger partial charge in [-0.2, -0.15) is 0 Å². The number of rotatable bonds is 3. The number of aryl methyl sites for hydroxylation is 1. The summed E-state index contributed by atoms with van der Waals surface area (Å²) >= 11 is 0. The second kappa shape index (κ2) is 8.69. The molecule has 4 atom stereocenters. The highest BCUT2D eigenvalue weighted by Gasteiger charge is 2.48. The Bertz CT molecular complexity index is 1070. The minimum atomic E-state index is -0.635. The molecule has 8 heteroatoms. The molecule has 1 aromatic carbocycles. The maximum atomic E-state index is 13.2. The molecule has 0 radical (unpaired) electrons. The Morgan fingerprint density at radius 1 is 1.22 bits per heavy atom. The lowest BCUT2D eigenvalue weighted by Crippen LogP contribution is -2.61. The molecule has 174 valence electrons. The van der Waals surface area contributed by atoms with E-state index in [4.69, 9.17) is 13.9 Å². The number of carbonyl (C=O) groups excluding carboxylic acids is 1. The Kier molecular flexibility index (Phi) is 6.27. The monoisotopic (exact) mass is 462 g/mol. The van der Waals surface area contributed by atoms with Gasteiger partial charge in [-0.3, -0.25) is 4.79 Å². The van der Waals surface area contributed by atoms with Crippen LogP contribution in [0.5, 0.6) is 5.75 Å². The van der Waals surface area contributed by atoms with Crippen LogP contribution in [0.15, 0.2) is 27.4 Å². The standard InChI is InChI=1S/C24H30N2O5.ClH/c1-14-15(2)23(28)31-21-10-19(6-7-20(14)21)30-16(3)22(27)26-8-9-29-24(13-26)11-17-4-5-18(12-24)25-17;/h6-7,10,16-18,25H,4-5,8-9,11-13H2,1-3H3;1H/t16?,17-,18+,24?;. The van der Waals surface area contributed by atoms with Crippen LogP contribution in [0.3, 0.4) is 0 Å². The maximum absolute atomic E-state index is 13.2. The van der Waals surface area contributed by atoms with Gasteiger partial charge in [-0.15, -0.1) is 12.4 Å². The molecule has 1 N–H and O–H groups in total. The number of hydrogen-bond donors (Lipinski definition) is 1. The molecule has 3 saturated heterocycles.